The predicted molar refractivity (Wildman–Crippen MR) is 59.0 cm³/mol. The normalized spacial score (nSPS) is 12.9. The second-order valence-corrected chi connectivity index (χ2v) is 3.69. The van der Waals surface area contributed by atoms with E-state index in [0.717, 1.165) is 5.69 Å². The van der Waals surface area contributed by atoms with E-state index in [2.05, 4.69) is 10.3 Å². The van der Waals surface area contributed by atoms with Gasteiger partial charge < -0.3 is 5.73 Å². The number of halogens is 2. The molecule has 0 aliphatic heterocycles. The summed E-state index contributed by atoms with van der Waals surface area (Å²) in [4.78, 5) is 0. The minimum Gasteiger partial charge on any atom is -0.323 e. The summed E-state index contributed by atoms with van der Waals surface area (Å²) in [6.45, 7) is 0. The molecule has 1 unspecified atom stereocenters. The van der Waals surface area contributed by atoms with Crippen molar-refractivity contribution in [3.05, 3.63) is 42.2 Å². The Morgan fingerprint density at radius 1 is 1.24 bits per heavy atom. The number of nitrogens with zero attached hydrogens (tertiary/aromatic N) is 3. The van der Waals surface area contributed by atoms with Gasteiger partial charge in [0.25, 0.3) is 6.43 Å². The number of rotatable bonds is 4. The molecular formula is C11H12F2N4. The highest BCUT2D eigenvalue weighted by Gasteiger charge is 2.17. The van der Waals surface area contributed by atoms with Crippen molar-refractivity contribution in [3.8, 4) is 5.69 Å². The van der Waals surface area contributed by atoms with Crippen molar-refractivity contribution in [2.75, 3.05) is 0 Å². The highest BCUT2D eigenvalue weighted by atomic mass is 19.3. The van der Waals surface area contributed by atoms with Gasteiger partial charge in [-0.25, -0.2) is 13.5 Å². The van der Waals surface area contributed by atoms with Crippen LogP contribution in [0.5, 0.6) is 0 Å². The smallest absolute Gasteiger partial charge is 0.253 e. The van der Waals surface area contributed by atoms with Gasteiger partial charge in [-0.1, -0.05) is 23.4 Å². The van der Waals surface area contributed by atoms with E-state index in [0.29, 0.717) is 5.69 Å². The zero-order valence-corrected chi connectivity index (χ0v) is 9.00. The van der Waals surface area contributed by atoms with Gasteiger partial charge in [0, 0.05) is 6.42 Å². The Morgan fingerprint density at radius 2 is 1.94 bits per heavy atom. The first-order chi connectivity index (χ1) is 8.16. The molecule has 1 atom stereocenters. The highest BCUT2D eigenvalue weighted by Crippen LogP contribution is 2.08. The molecule has 1 aromatic heterocycles. The lowest BCUT2D eigenvalue weighted by Crippen LogP contribution is -2.31. The summed E-state index contributed by atoms with van der Waals surface area (Å²) in [5.74, 6) is 0. The average molecular weight is 238 g/mol. The Balaban J connectivity index is 2.12. The van der Waals surface area contributed by atoms with E-state index in [4.69, 9.17) is 5.73 Å². The minimum absolute atomic E-state index is 0.0184. The number of benzene rings is 1. The third-order valence-corrected chi connectivity index (χ3v) is 2.33. The first kappa shape index (κ1) is 11.7. The van der Waals surface area contributed by atoms with Crippen LogP contribution in [0.3, 0.4) is 0 Å². The second-order valence-electron chi connectivity index (χ2n) is 3.69. The first-order valence-corrected chi connectivity index (χ1v) is 5.17. The molecule has 4 nitrogen and oxygen atoms in total. The maximum Gasteiger partial charge on any atom is 0.253 e. The third kappa shape index (κ3) is 2.85. The molecule has 1 aromatic carbocycles. The van der Waals surface area contributed by atoms with Crippen molar-refractivity contribution in [3.63, 3.8) is 0 Å². The Bertz CT molecular complexity index is 469. The van der Waals surface area contributed by atoms with Crippen LogP contribution in [0.4, 0.5) is 8.78 Å². The van der Waals surface area contributed by atoms with E-state index in [1.54, 1.807) is 6.20 Å². The lowest BCUT2D eigenvalue weighted by molar-refractivity contribution is 0.115. The summed E-state index contributed by atoms with van der Waals surface area (Å²) in [6.07, 6.45) is -0.918. The molecule has 0 fully saturated rings. The summed E-state index contributed by atoms with van der Waals surface area (Å²) in [5.41, 5.74) is 6.56. The van der Waals surface area contributed by atoms with Gasteiger partial charge in [-0.05, 0) is 12.1 Å². The maximum absolute atomic E-state index is 12.3. The molecule has 6 heteroatoms. The summed E-state index contributed by atoms with van der Waals surface area (Å²) in [6, 6.07) is 8.12. The molecule has 90 valence electrons. The van der Waals surface area contributed by atoms with Crippen LogP contribution in [0, 0.1) is 0 Å². The molecule has 0 spiro atoms. The third-order valence-electron chi connectivity index (χ3n) is 2.33. The monoisotopic (exact) mass is 238 g/mol. The van der Waals surface area contributed by atoms with Gasteiger partial charge in [0.1, 0.15) is 0 Å². The SMILES string of the molecule is NC(Cc1cn(-c2ccccc2)nn1)C(F)F. The number of hydrogen-bond donors (Lipinski definition) is 1. The lowest BCUT2D eigenvalue weighted by atomic mass is 10.2. The summed E-state index contributed by atoms with van der Waals surface area (Å²) in [5, 5.41) is 7.68. The van der Waals surface area contributed by atoms with Crippen molar-refractivity contribution in [1.29, 1.82) is 0 Å². The van der Waals surface area contributed by atoms with Crippen molar-refractivity contribution in [2.45, 2.75) is 18.9 Å². The number of nitrogens with two attached hydrogens (primary N) is 1. The van der Waals surface area contributed by atoms with Crippen molar-refractivity contribution >= 4 is 0 Å². The highest BCUT2D eigenvalue weighted by molar-refractivity contribution is 5.29. The molecule has 2 N–H and O–H groups in total. The summed E-state index contributed by atoms with van der Waals surface area (Å²) in [7, 11) is 0. The molecule has 0 aliphatic rings. The average Bonchev–Trinajstić information content (AvgIpc) is 2.78. The molecule has 0 aliphatic carbocycles. The number of alkyl halides is 2. The van der Waals surface area contributed by atoms with E-state index in [1.807, 2.05) is 30.3 Å². The number of aromatic nitrogens is 3. The van der Waals surface area contributed by atoms with Crippen molar-refractivity contribution < 1.29 is 8.78 Å². The molecule has 0 saturated carbocycles. The van der Waals surface area contributed by atoms with Crippen LogP contribution in [0.15, 0.2) is 36.5 Å². The number of para-hydroxylation sites is 1. The summed E-state index contributed by atoms with van der Waals surface area (Å²) < 4.78 is 26.1. The van der Waals surface area contributed by atoms with Gasteiger partial charge in [0.2, 0.25) is 0 Å². The van der Waals surface area contributed by atoms with Crippen LogP contribution in [-0.4, -0.2) is 27.5 Å². The molecule has 0 amide bonds. The lowest BCUT2D eigenvalue weighted by Gasteiger charge is -2.06. The zero-order valence-electron chi connectivity index (χ0n) is 9.00. The van der Waals surface area contributed by atoms with Gasteiger partial charge >= 0.3 is 0 Å². The number of hydrogen-bond acceptors (Lipinski definition) is 3. The quantitative estimate of drug-likeness (QED) is 0.876. The Hall–Kier alpha value is -1.82. The molecule has 0 saturated heterocycles. The molecule has 2 aromatic rings. The second kappa shape index (κ2) is 5.01. The van der Waals surface area contributed by atoms with E-state index < -0.39 is 12.5 Å². The topological polar surface area (TPSA) is 56.7 Å². The van der Waals surface area contributed by atoms with Gasteiger partial charge in [-0.3, -0.25) is 0 Å². The fourth-order valence-electron chi connectivity index (χ4n) is 1.43. The largest absolute Gasteiger partial charge is 0.323 e. The van der Waals surface area contributed by atoms with Crippen LogP contribution in [-0.2, 0) is 6.42 Å². The van der Waals surface area contributed by atoms with Crippen molar-refractivity contribution in [1.82, 2.24) is 15.0 Å². The summed E-state index contributed by atoms with van der Waals surface area (Å²) >= 11 is 0. The van der Waals surface area contributed by atoms with E-state index in [9.17, 15) is 8.78 Å². The van der Waals surface area contributed by atoms with Crippen LogP contribution >= 0.6 is 0 Å². The molecule has 1 heterocycles. The van der Waals surface area contributed by atoms with Crippen LogP contribution in [0.2, 0.25) is 0 Å². The van der Waals surface area contributed by atoms with E-state index >= 15 is 0 Å². The zero-order chi connectivity index (χ0) is 12.3. The van der Waals surface area contributed by atoms with Crippen molar-refractivity contribution in [2.24, 2.45) is 5.73 Å². The Morgan fingerprint density at radius 3 is 2.59 bits per heavy atom. The molecular weight excluding hydrogens is 226 g/mol. The Kier molecular flexibility index (Phi) is 3.43. The minimum atomic E-state index is -2.54. The Labute approximate surface area is 97.0 Å². The fraction of sp³-hybridized carbons (Fsp3) is 0.273. The van der Waals surface area contributed by atoms with Crippen LogP contribution in [0.1, 0.15) is 5.69 Å². The predicted octanol–water partition coefficient (Wildman–Crippen LogP) is 1.40. The van der Waals surface area contributed by atoms with Gasteiger partial charge in [0.15, 0.2) is 0 Å². The fourth-order valence-corrected chi connectivity index (χ4v) is 1.43. The van der Waals surface area contributed by atoms with E-state index in [1.165, 1.54) is 4.68 Å². The van der Waals surface area contributed by atoms with Gasteiger partial charge in [0.05, 0.1) is 23.6 Å². The van der Waals surface area contributed by atoms with Gasteiger partial charge in [-0.2, -0.15) is 0 Å². The van der Waals surface area contributed by atoms with Gasteiger partial charge in [-0.15, -0.1) is 5.10 Å². The molecule has 0 radical (unpaired) electrons. The standard InChI is InChI=1S/C11H12F2N4/c12-11(13)10(14)6-8-7-17(16-15-8)9-4-2-1-3-5-9/h1-5,7,10-11H,6,14H2. The molecule has 17 heavy (non-hydrogen) atoms. The maximum atomic E-state index is 12.3. The van der Waals surface area contributed by atoms with Crippen LogP contribution < -0.4 is 5.73 Å². The molecule has 0 bridgehead atoms. The molecule has 2 rings (SSSR count). The first-order valence-electron chi connectivity index (χ1n) is 5.17. The van der Waals surface area contributed by atoms with Crippen LogP contribution in [0.25, 0.3) is 5.69 Å². The van der Waals surface area contributed by atoms with E-state index in [-0.39, 0.29) is 6.42 Å².